The summed E-state index contributed by atoms with van der Waals surface area (Å²) in [7, 11) is 0. The zero-order chi connectivity index (χ0) is 15.5. The van der Waals surface area contributed by atoms with Crippen LogP contribution in [-0.2, 0) is 11.3 Å². The second-order valence-electron chi connectivity index (χ2n) is 4.62. The van der Waals surface area contributed by atoms with E-state index >= 15 is 0 Å². The highest BCUT2D eigenvalue weighted by atomic mass is 35.5. The monoisotopic (exact) mass is 341 g/mol. The average molecular weight is 342 g/mol. The Bertz CT molecular complexity index is 639. The van der Waals surface area contributed by atoms with Crippen molar-refractivity contribution in [1.82, 2.24) is 24.7 Å². The number of halogens is 1. The molecule has 2 aromatic rings. The maximum atomic E-state index is 5.91. The van der Waals surface area contributed by atoms with Crippen LogP contribution in [0.15, 0.2) is 16.2 Å². The molecule has 0 aliphatic carbocycles. The van der Waals surface area contributed by atoms with E-state index in [1.165, 1.54) is 11.8 Å². The van der Waals surface area contributed by atoms with Gasteiger partial charge in [-0.25, -0.2) is 9.97 Å². The van der Waals surface area contributed by atoms with Crippen molar-refractivity contribution < 1.29 is 4.74 Å². The van der Waals surface area contributed by atoms with E-state index in [1.54, 1.807) is 6.07 Å². The zero-order valence-electron chi connectivity index (χ0n) is 12.1. The van der Waals surface area contributed by atoms with Gasteiger partial charge in [-0.1, -0.05) is 11.6 Å². The van der Waals surface area contributed by atoms with Gasteiger partial charge in [-0.2, -0.15) is 0 Å². The minimum Gasteiger partial charge on any atom is -0.378 e. The van der Waals surface area contributed by atoms with E-state index in [9.17, 15) is 0 Å². The van der Waals surface area contributed by atoms with Crippen LogP contribution in [0.3, 0.4) is 0 Å². The number of ether oxygens (including phenoxy) is 1. The lowest BCUT2D eigenvalue weighted by molar-refractivity contribution is 0.121. The molecule has 0 spiro atoms. The van der Waals surface area contributed by atoms with Crippen molar-refractivity contribution in [2.24, 2.45) is 0 Å². The Hall–Kier alpha value is -1.58. The fourth-order valence-corrected chi connectivity index (χ4v) is 3.34. The molecule has 0 radical (unpaired) electrons. The van der Waals surface area contributed by atoms with Gasteiger partial charge in [0, 0.05) is 25.7 Å². The van der Waals surface area contributed by atoms with Gasteiger partial charge in [-0.15, -0.1) is 10.2 Å². The van der Waals surface area contributed by atoms with Gasteiger partial charge in [0.05, 0.1) is 13.2 Å². The molecule has 3 heterocycles. The van der Waals surface area contributed by atoms with Crippen LogP contribution in [0, 0.1) is 0 Å². The molecule has 10 heteroatoms. The quantitative estimate of drug-likeness (QED) is 0.832. The molecule has 118 valence electrons. The second-order valence-corrected chi connectivity index (χ2v) is 5.99. The number of hydrogen-bond acceptors (Lipinski definition) is 8. The van der Waals surface area contributed by atoms with E-state index < -0.39 is 0 Å². The van der Waals surface area contributed by atoms with Crippen molar-refractivity contribution in [2.75, 3.05) is 36.9 Å². The Morgan fingerprint density at radius 3 is 2.77 bits per heavy atom. The Morgan fingerprint density at radius 1 is 1.32 bits per heavy atom. The number of morpholine rings is 1. The number of nitrogens with zero attached hydrogens (tertiary/aromatic N) is 6. The van der Waals surface area contributed by atoms with Gasteiger partial charge in [-0.3, -0.25) is 4.57 Å². The molecule has 0 aromatic carbocycles. The van der Waals surface area contributed by atoms with E-state index in [4.69, 9.17) is 22.1 Å². The summed E-state index contributed by atoms with van der Waals surface area (Å²) in [6.07, 6.45) is 0. The van der Waals surface area contributed by atoms with Gasteiger partial charge in [0.2, 0.25) is 11.9 Å². The SMILES string of the molecule is CCn1c(Sc2cc(Cl)nc(N)n2)nnc1N1CCOCC1. The van der Waals surface area contributed by atoms with Gasteiger partial charge in [0.15, 0.2) is 5.16 Å². The van der Waals surface area contributed by atoms with Crippen molar-refractivity contribution in [2.45, 2.75) is 23.7 Å². The molecule has 1 saturated heterocycles. The first-order valence-corrected chi connectivity index (χ1v) is 8.10. The minimum absolute atomic E-state index is 0.144. The Kier molecular flexibility index (Phi) is 4.65. The van der Waals surface area contributed by atoms with Crippen LogP contribution >= 0.6 is 23.4 Å². The maximum absolute atomic E-state index is 5.91. The van der Waals surface area contributed by atoms with Gasteiger partial charge >= 0.3 is 0 Å². The summed E-state index contributed by atoms with van der Waals surface area (Å²) >= 11 is 7.28. The van der Waals surface area contributed by atoms with Crippen LogP contribution in [0.1, 0.15) is 6.92 Å². The van der Waals surface area contributed by atoms with E-state index in [-0.39, 0.29) is 5.95 Å². The summed E-state index contributed by atoms with van der Waals surface area (Å²) in [5, 5.41) is 10.3. The first-order chi connectivity index (χ1) is 10.7. The van der Waals surface area contributed by atoms with E-state index in [2.05, 4.69) is 32.0 Å². The lowest BCUT2D eigenvalue weighted by Gasteiger charge is -2.27. The molecule has 22 heavy (non-hydrogen) atoms. The highest BCUT2D eigenvalue weighted by Gasteiger charge is 2.20. The van der Waals surface area contributed by atoms with E-state index in [0.29, 0.717) is 23.4 Å². The summed E-state index contributed by atoms with van der Waals surface area (Å²) in [6.45, 7) is 5.85. The Morgan fingerprint density at radius 2 is 2.09 bits per heavy atom. The molecule has 0 saturated carbocycles. The van der Waals surface area contributed by atoms with Crippen LogP contribution < -0.4 is 10.6 Å². The van der Waals surface area contributed by atoms with Crippen molar-refractivity contribution in [1.29, 1.82) is 0 Å². The largest absolute Gasteiger partial charge is 0.378 e. The van der Waals surface area contributed by atoms with Crippen molar-refractivity contribution in [3.63, 3.8) is 0 Å². The number of anilines is 2. The third-order valence-electron chi connectivity index (χ3n) is 3.19. The maximum Gasteiger partial charge on any atom is 0.228 e. The van der Waals surface area contributed by atoms with Gasteiger partial charge in [0.25, 0.3) is 0 Å². The second kappa shape index (κ2) is 6.67. The van der Waals surface area contributed by atoms with Crippen LogP contribution in [0.5, 0.6) is 0 Å². The summed E-state index contributed by atoms with van der Waals surface area (Å²) in [5.41, 5.74) is 5.62. The first kappa shape index (κ1) is 15.3. The molecule has 0 atom stereocenters. The molecule has 1 fully saturated rings. The van der Waals surface area contributed by atoms with Crippen molar-refractivity contribution >= 4 is 35.3 Å². The molecule has 2 aromatic heterocycles. The predicted octanol–water partition coefficient (Wildman–Crippen LogP) is 1.31. The Balaban J connectivity index is 1.86. The van der Waals surface area contributed by atoms with Crippen molar-refractivity contribution in [3.8, 4) is 0 Å². The molecule has 0 bridgehead atoms. The fraction of sp³-hybridized carbons (Fsp3) is 0.500. The highest BCUT2D eigenvalue weighted by molar-refractivity contribution is 7.99. The molecule has 3 rings (SSSR count). The molecule has 1 aliphatic rings. The predicted molar refractivity (Wildman–Crippen MR) is 84.3 cm³/mol. The van der Waals surface area contributed by atoms with Crippen LogP contribution in [0.2, 0.25) is 5.15 Å². The van der Waals surface area contributed by atoms with Gasteiger partial charge in [0.1, 0.15) is 10.2 Å². The molecule has 0 amide bonds. The standard InChI is InChI=1S/C12H16ClN7OS/c1-2-20-11(19-3-5-21-6-4-19)17-18-12(20)22-9-7-8(13)15-10(14)16-9/h7H,2-6H2,1H3,(H2,14,15,16). The number of nitrogen functional groups attached to an aromatic ring is 1. The molecular formula is C12H16ClN7OS. The summed E-state index contributed by atoms with van der Waals surface area (Å²) in [5.74, 6) is 0.993. The fourth-order valence-electron chi connectivity index (χ4n) is 2.19. The first-order valence-electron chi connectivity index (χ1n) is 6.91. The lowest BCUT2D eigenvalue weighted by Crippen LogP contribution is -2.38. The average Bonchev–Trinajstić information content (AvgIpc) is 2.89. The zero-order valence-corrected chi connectivity index (χ0v) is 13.6. The molecule has 1 aliphatic heterocycles. The lowest BCUT2D eigenvalue weighted by atomic mass is 10.4. The summed E-state index contributed by atoms with van der Waals surface area (Å²) in [4.78, 5) is 10.2. The normalized spacial score (nSPS) is 15.3. The molecule has 2 N–H and O–H groups in total. The van der Waals surface area contributed by atoms with Crippen LogP contribution in [-0.4, -0.2) is 51.0 Å². The summed E-state index contributed by atoms with van der Waals surface area (Å²) < 4.78 is 7.42. The number of aromatic nitrogens is 5. The number of nitrogens with two attached hydrogens (primary N) is 1. The highest BCUT2D eigenvalue weighted by Crippen LogP contribution is 2.29. The number of rotatable bonds is 4. The summed E-state index contributed by atoms with van der Waals surface area (Å²) in [6, 6.07) is 1.66. The van der Waals surface area contributed by atoms with Gasteiger partial charge < -0.3 is 15.4 Å². The molecular weight excluding hydrogens is 326 g/mol. The van der Waals surface area contributed by atoms with Crippen molar-refractivity contribution in [3.05, 3.63) is 11.2 Å². The van der Waals surface area contributed by atoms with E-state index in [1.807, 2.05) is 4.57 Å². The van der Waals surface area contributed by atoms with E-state index in [0.717, 1.165) is 30.7 Å². The smallest absolute Gasteiger partial charge is 0.228 e. The minimum atomic E-state index is 0.144. The number of hydrogen-bond donors (Lipinski definition) is 1. The van der Waals surface area contributed by atoms with Crippen LogP contribution in [0.4, 0.5) is 11.9 Å². The third-order valence-corrected chi connectivity index (χ3v) is 4.29. The van der Waals surface area contributed by atoms with Crippen LogP contribution in [0.25, 0.3) is 0 Å². The van der Waals surface area contributed by atoms with Gasteiger partial charge in [-0.05, 0) is 18.7 Å². The Labute approximate surface area is 137 Å². The third kappa shape index (κ3) is 3.26. The molecule has 8 nitrogen and oxygen atoms in total. The topological polar surface area (TPSA) is 95.0 Å². The molecule has 0 unspecified atom stereocenters.